The van der Waals surface area contributed by atoms with Gasteiger partial charge in [0.2, 0.25) is 0 Å². The number of ether oxygens (including phenoxy) is 4. The number of likely N-dealkylation sites (N-methyl/N-ethyl adjacent to an activating group) is 2. The molecule has 16 nitrogen and oxygen atoms in total. The zero-order valence-electron chi connectivity index (χ0n) is 45.6. The lowest BCUT2D eigenvalue weighted by atomic mass is 9.89. The summed E-state index contributed by atoms with van der Waals surface area (Å²) >= 11 is 41.4. The van der Waals surface area contributed by atoms with Crippen LogP contribution in [0.4, 0.5) is 30.4 Å². The molecular weight excluding hydrogens is 1270 g/mol. The fourth-order valence-corrected chi connectivity index (χ4v) is 18.1. The molecule has 2 aromatic heterocycles. The summed E-state index contributed by atoms with van der Waals surface area (Å²) in [5.74, 6) is 0.713. The van der Waals surface area contributed by atoms with Gasteiger partial charge < -0.3 is 39.4 Å². The number of alkyl halides is 4. The number of thiazole rings is 2. The van der Waals surface area contributed by atoms with Crippen molar-refractivity contribution in [2.45, 2.75) is 81.4 Å². The van der Waals surface area contributed by atoms with Crippen LogP contribution in [-0.4, -0.2) is 126 Å². The van der Waals surface area contributed by atoms with Crippen LogP contribution in [0.1, 0.15) is 36.8 Å². The Morgan fingerprint density at radius 3 is 1.26 bits per heavy atom. The van der Waals surface area contributed by atoms with E-state index in [1.807, 2.05) is 28.2 Å². The average Bonchev–Trinajstić information content (AvgIpc) is 1.90. The maximum Gasteiger partial charge on any atom is 0.269 e. The number of anilines is 4. The van der Waals surface area contributed by atoms with Crippen LogP contribution in [0, 0.1) is 35.3 Å². The van der Waals surface area contributed by atoms with Gasteiger partial charge in [-0.05, 0) is 126 Å². The molecule has 0 saturated heterocycles. The van der Waals surface area contributed by atoms with Crippen molar-refractivity contribution in [3.63, 3.8) is 0 Å². The maximum atomic E-state index is 15.7. The molecule has 0 spiro atoms. The topological polar surface area (TPSA) is 168 Å². The highest BCUT2D eigenvalue weighted by Gasteiger charge is 2.67. The molecule has 0 bridgehead atoms. The molecule has 0 amide bonds. The van der Waals surface area contributed by atoms with Crippen LogP contribution in [0.2, 0.25) is 10.0 Å². The van der Waals surface area contributed by atoms with Gasteiger partial charge in [-0.1, -0.05) is 23.2 Å². The van der Waals surface area contributed by atoms with Crippen LogP contribution in [-0.2, 0) is 33.1 Å². The summed E-state index contributed by atoms with van der Waals surface area (Å²) < 4.78 is 109. The van der Waals surface area contributed by atoms with Crippen molar-refractivity contribution in [3.8, 4) is 23.0 Å². The van der Waals surface area contributed by atoms with E-state index >= 15 is 8.78 Å². The van der Waals surface area contributed by atoms with Crippen molar-refractivity contribution >= 4 is 134 Å². The molecule has 82 heavy (non-hydrogen) atoms. The van der Waals surface area contributed by atoms with Gasteiger partial charge in [0.25, 0.3) is 20.0 Å². The Kier molecular flexibility index (Phi) is 18.9. The van der Waals surface area contributed by atoms with E-state index < -0.39 is 50.1 Å². The largest absolute Gasteiger partial charge is 0.497 e. The van der Waals surface area contributed by atoms with E-state index in [0.717, 1.165) is 68.4 Å². The van der Waals surface area contributed by atoms with Crippen LogP contribution < -0.4 is 38.2 Å². The molecule has 4 aliphatic carbocycles. The van der Waals surface area contributed by atoms with Gasteiger partial charge >= 0.3 is 0 Å². The monoisotopic (exact) mass is 1320 g/mol. The Labute approximate surface area is 514 Å². The van der Waals surface area contributed by atoms with Gasteiger partial charge in [-0.3, -0.25) is 0 Å². The summed E-state index contributed by atoms with van der Waals surface area (Å²) in [5, 5.41) is 10.5. The van der Waals surface area contributed by atoms with Gasteiger partial charge in [-0.15, -0.1) is 69.1 Å². The first-order valence-corrected chi connectivity index (χ1v) is 32.5. The predicted octanol–water partition coefficient (Wildman–Crippen LogP) is 12.5. The lowest BCUT2D eigenvalue weighted by molar-refractivity contribution is 0.204. The summed E-state index contributed by atoms with van der Waals surface area (Å²) in [4.78, 5) is 11.4. The number of nitrogens with one attached hydrogen (secondary N) is 2. The first kappa shape index (κ1) is 62.5. The normalized spacial score (nSPS) is 23.1. The third-order valence-electron chi connectivity index (χ3n) is 15.7. The van der Waals surface area contributed by atoms with Gasteiger partial charge in [0.05, 0.1) is 62.9 Å². The smallest absolute Gasteiger partial charge is 0.269 e. The van der Waals surface area contributed by atoms with Crippen LogP contribution in [0.15, 0.2) is 93.6 Å². The van der Waals surface area contributed by atoms with Crippen molar-refractivity contribution in [1.82, 2.24) is 19.8 Å². The van der Waals surface area contributed by atoms with Gasteiger partial charge in [0.1, 0.15) is 53.1 Å². The Bertz CT molecular complexity index is 3280. The minimum Gasteiger partial charge on any atom is -0.497 e. The second-order valence-corrected chi connectivity index (χ2v) is 29.9. The molecule has 2 N–H and O–H groups in total. The molecule has 444 valence electrons. The van der Waals surface area contributed by atoms with Gasteiger partial charge in [-0.25, -0.2) is 44.2 Å². The lowest BCUT2D eigenvalue weighted by Crippen LogP contribution is -2.46. The molecule has 4 unspecified atom stereocenters. The van der Waals surface area contributed by atoms with E-state index in [-0.39, 0.29) is 81.2 Å². The van der Waals surface area contributed by atoms with E-state index in [9.17, 15) is 16.8 Å². The second kappa shape index (κ2) is 24.7. The molecule has 28 heteroatoms. The zero-order chi connectivity index (χ0) is 59.4. The standard InChI is InChI=1S/2C27H30Cl3FN4O4S2/c2*1-34(2)23-11-18-17(27(18,29)30)10-22(23)33-21-13-20(31)25(12-19(21)28)41(36,37)35(26-32-7-8-40-26)14-15-5-6-16(38-3)9-24(15)39-4/h2*5-9,12-13,17-18,22-23,33H,10-11,14H2,1-4H3/t17-,18?,22+,23?;17-,18?,22-,23?/m10/s1. The highest BCUT2D eigenvalue weighted by molar-refractivity contribution is 7.93. The maximum absolute atomic E-state index is 15.7. The molecule has 6 aromatic rings. The van der Waals surface area contributed by atoms with Crippen molar-refractivity contribution < 1.29 is 44.6 Å². The minimum atomic E-state index is -4.44. The minimum absolute atomic E-state index is 0.0736. The van der Waals surface area contributed by atoms with E-state index in [4.69, 9.17) is 88.6 Å². The Hall–Kier alpha value is -4.04. The van der Waals surface area contributed by atoms with Crippen LogP contribution in [0.3, 0.4) is 0 Å². The SMILES string of the molecule is COc1ccc(CN(c2nccs2)S(=O)(=O)c2cc(Cl)c(N[C@H]3C[C@@H]4C(CC3N(C)C)C4(Cl)Cl)cc2F)c(OC)c1.COc1ccc(CN(c2nccs2)S(=O)(=O)c2cc(Cl)c(N[C@H]3C[C@H]4C(CC3N(C)C)C4(Cl)Cl)cc2F)c(OC)c1. The first-order valence-electron chi connectivity index (χ1n) is 25.6. The number of fused-ring (bicyclic) bond motifs is 2. The lowest BCUT2D eigenvalue weighted by Gasteiger charge is -2.36. The third kappa shape index (κ3) is 12.6. The number of halogens is 8. The van der Waals surface area contributed by atoms with Crippen molar-refractivity contribution in [2.75, 3.05) is 75.9 Å². The van der Waals surface area contributed by atoms with Crippen LogP contribution in [0.25, 0.3) is 0 Å². The first-order chi connectivity index (χ1) is 38.8. The number of hydrogen-bond acceptors (Lipinski definition) is 16. The van der Waals surface area contributed by atoms with E-state index in [2.05, 4.69) is 30.4 Å². The fraction of sp³-hybridized carbons (Fsp3) is 0.444. The molecule has 8 atom stereocenters. The molecule has 4 fully saturated rings. The predicted molar refractivity (Wildman–Crippen MR) is 324 cm³/mol. The number of hydrogen-bond donors (Lipinski definition) is 2. The highest BCUT2D eigenvalue weighted by atomic mass is 35.5. The highest BCUT2D eigenvalue weighted by Crippen LogP contribution is 2.67. The average molecular weight is 1330 g/mol. The van der Waals surface area contributed by atoms with Crippen molar-refractivity contribution in [3.05, 3.63) is 117 Å². The number of aromatic nitrogens is 2. The molecule has 4 saturated carbocycles. The van der Waals surface area contributed by atoms with Crippen LogP contribution >= 0.6 is 92.3 Å². The fourth-order valence-electron chi connectivity index (χ4n) is 11.1. The van der Waals surface area contributed by atoms with Crippen molar-refractivity contribution in [1.29, 1.82) is 0 Å². The van der Waals surface area contributed by atoms with Gasteiger partial charge in [0.15, 0.2) is 10.3 Å². The molecule has 2 heterocycles. The van der Waals surface area contributed by atoms with Crippen molar-refractivity contribution in [2.24, 2.45) is 23.7 Å². The zero-order valence-corrected chi connectivity index (χ0v) is 53.4. The summed E-state index contributed by atoms with van der Waals surface area (Å²) in [7, 11) is 4.97. The summed E-state index contributed by atoms with van der Waals surface area (Å²) in [6.45, 7) is -0.318. The Morgan fingerprint density at radius 1 is 0.573 bits per heavy atom. The van der Waals surface area contributed by atoms with Gasteiger partial charge in [0, 0.05) is 70.6 Å². The molecule has 4 aliphatic rings. The summed E-state index contributed by atoms with van der Waals surface area (Å²) in [6.07, 6.45) is 5.89. The molecule has 0 aliphatic heterocycles. The number of methoxy groups -OCH3 is 4. The quantitative estimate of drug-likeness (QED) is 0.0693. The molecule has 4 aromatic carbocycles. The van der Waals surface area contributed by atoms with E-state index in [1.54, 1.807) is 47.2 Å². The Morgan fingerprint density at radius 2 is 0.939 bits per heavy atom. The molecular formula is C54H60Cl6F2N8O8S4. The second-order valence-electron chi connectivity index (χ2n) is 20.8. The number of nitrogens with zero attached hydrogens (tertiary/aromatic N) is 6. The number of benzene rings is 4. The summed E-state index contributed by atoms with van der Waals surface area (Å²) in [6, 6.07) is 14.5. The third-order valence-corrected chi connectivity index (χ3v) is 23.9. The molecule has 0 radical (unpaired) electrons. The van der Waals surface area contributed by atoms with Crippen LogP contribution in [0.5, 0.6) is 23.0 Å². The van der Waals surface area contributed by atoms with Gasteiger partial charge in [-0.2, -0.15) is 0 Å². The van der Waals surface area contributed by atoms with E-state index in [0.29, 0.717) is 58.3 Å². The summed E-state index contributed by atoms with van der Waals surface area (Å²) in [5.41, 5.74) is 1.67. The number of sulfonamides is 2. The molecule has 10 rings (SSSR count). The van der Waals surface area contributed by atoms with E-state index in [1.165, 1.54) is 40.8 Å². The Balaban J connectivity index is 0.000000198. The number of rotatable bonds is 20.